The molecule has 0 unspecified atom stereocenters. The summed E-state index contributed by atoms with van der Waals surface area (Å²) < 4.78 is 5.89. The van der Waals surface area contributed by atoms with Crippen LogP contribution in [0.2, 0.25) is 0 Å². The normalized spacial score (nSPS) is 12.0. The number of fused-ring (bicyclic) bond motifs is 6. The summed E-state index contributed by atoms with van der Waals surface area (Å²) in [4.78, 5) is 14.9. The van der Waals surface area contributed by atoms with E-state index in [0.29, 0.717) is 0 Å². The largest absolute Gasteiger partial charge is 0.285 e. The summed E-state index contributed by atoms with van der Waals surface area (Å²) in [7, 11) is 0. The van der Waals surface area contributed by atoms with Crippen LogP contribution in [0.5, 0.6) is 0 Å². The second kappa shape index (κ2) is 8.53. The Morgan fingerprint density at radius 3 is 1.38 bits per heavy atom. The lowest BCUT2D eigenvalue weighted by Crippen LogP contribution is -1.92. The first kappa shape index (κ1) is 22.4. The molecule has 4 heterocycles. The van der Waals surface area contributed by atoms with Gasteiger partial charge in [0.05, 0.1) is 41.7 Å². The van der Waals surface area contributed by atoms with Crippen molar-refractivity contribution >= 4 is 86.5 Å². The Morgan fingerprint density at radius 2 is 0.900 bits per heavy atom. The maximum Gasteiger partial charge on any atom is 0.195 e. The molecule has 0 spiro atoms. The van der Waals surface area contributed by atoms with E-state index in [1.54, 1.807) is 34.0 Å². The first-order chi connectivity index (χ1) is 19.8. The molecule has 0 radical (unpaired) electrons. The average molecular weight is 567 g/mol. The van der Waals surface area contributed by atoms with Gasteiger partial charge < -0.3 is 0 Å². The number of benzene rings is 5. The van der Waals surface area contributed by atoms with Crippen LogP contribution < -0.4 is 0 Å². The van der Waals surface area contributed by atoms with Crippen molar-refractivity contribution in [3.8, 4) is 26.3 Å². The molecule has 188 valence electrons. The third-order valence-electron chi connectivity index (χ3n) is 7.32. The first-order valence-electron chi connectivity index (χ1n) is 12.9. The van der Waals surface area contributed by atoms with E-state index in [9.17, 15) is 0 Å². The summed E-state index contributed by atoms with van der Waals surface area (Å²) in [6.45, 7) is 0. The lowest BCUT2D eigenvalue weighted by molar-refractivity contribution is 1.15. The van der Waals surface area contributed by atoms with Crippen LogP contribution in [-0.2, 0) is 0 Å². The molecule has 0 atom stereocenters. The van der Waals surface area contributed by atoms with Crippen molar-refractivity contribution in [3.63, 3.8) is 0 Å². The molecule has 0 bridgehead atoms. The highest BCUT2D eigenvalue weighted by atomic mass is 32.1. The molecule has 40 heavy (non-hydrogen) atoms. The quantitative estimate of drug-likeness (QED) is 0.214. The zero-order valence-corrected chi connectivity index (χ0v) is 23.4. The van der Waals surface area contributed by atoms with Gasteiger partial charge in [-0.1, -0.05) is 47.7 Å². The maximum absolute atomic E-state index is 5.04. The van der Waals surface area contributed by atoms with E-state index in [4.69, 9.17) is 15.0 Å². The molecule has 0 aliphatic heterocycles. The molecule has 0 N–H and O–H groups in total. The highest BCUT2D eigenvalue weighted by molar-refractivity contribution is 7.22. The molecular weight excluding hydrogens is 549 g/mol. The number of nitrogens with zero attached hydrogens (tertiary/aromatic N) is 4. The van der Waals surface area contributed by atoms with Crippen molar-refractivity contribution in [2.24, 2.45) is 0 Å². The molecule has 0 fully saturated rings. The number of hydrogen-bond acceptors (Lipinski definition) is 6. The fourth-order valence-corrected chi connectivity index (χ4v) is 8.36. The molecular formula is C33H18N4S3. The van der Waals surface area contributed by atoms with Crippen LogP contribution in [0, 0.1) is 0 Å². The Bertz CT molecular complexity index is 2180. The van der Waals surface area contributed by atoms with E-state index >= 15 is 0 Å². The molecule has 0 aliphatic carbocycles. The zero-order chi connectivity index (χ0) is 26.2. The van der Waals surface area contributed by atoms with Crippen molar-refractivity contribution in [2.45, 2.75) is 0 Å². The number of aromatic nitrogens is 4. The molecule has 5 aromatic carbocycles. The third-order valence-corrected chi connectivity index (χ3v) is 10.5. The number of rotatable bonds is 3. The predicted molar refractivity (Wildman–Crippen MR) is 171 cm³/mol. The maximum atomic E-state index is 5.04. The highest BCUT2D eigenvalue weighted by Gasteiger charge is 2.18. The minimum atomic E-state index is 0.974. The van der Waals surface area contributed by atoms with Gasteiger partial charge in [-0.15, -0.1) is 22.7 Å². The van der Waals surface area contributed by atoms with Crippen LogP contribution in [0.4, 0.5) is 0 Å². The van der Waals surface area contributed by atoms with Gasteiger partial charge in [-0.05, 0) is 72.8 Å². The highest BCUT2D eigenvalue weighted by Crippen LogP contribution is 2.40. The first-order valence-corrected chi connectivity index (χ1v) is 15.4. The van der Waals surface area contributed by atoms with Crippen LogP contribution in [0.15, 0.2) is 109 Å². The van der Waals surface area contributed by atoms with Crippen LogP contribution in [-0.4, -0.2) is 19.5 Å². The Hall–Kier alpha value is -4.43. The average Bonchev–Trinajstić information content (AvgIpc) is 3.78. The van der Waals surface area contributed by atoms with Gasteiger partial charge in [0, 0.05) is 21.9 Å². The Kier molecular flexibility index (Phi) is 4.78. The summed E-state index contributed by atoms with van der Waals surface area (Å²) in [6, 6.07) is 38.4. The summed E-state index contributed by atoms with van der Waals surface area (Å²) in [5.41, 5.74) is 7.63. The topological polar surface area (TPSA) is 43.6 Å². The van der Waals surface area contributed by atoms with E-state index in [2.05, 4.69) is 95.6 Å². The van der Waals surface area contributed by atoms with E-state index in [1.165, 1.54) is 24.9 Å². The second-order valence-electron chi connectivity index (χ2n) is 9.74. The van der Waals surface area contributed by atoms with Gasteiger partial charge in [-0.25, -0.2) is 15.0 Å². The van der Waals surface area contributed by atoms with Gasteiger partial charge in [0.1, 0.15) is 10.0 Å². The van der Waals surface area contributed by atoms with Gasteiger partial charge in [-0.2, -0.15) is 0 Å². The van der Waals surface area contributed by atoms with Gasteiger partial charge in [0.25, 0.3) is 0 Å². The van der Waals surface area contributed by atoms with Crippen LogP contribution in [0.1, 0.15) is 0 Å². The lowest BCUT2D eigenvalue weighted by atomic mass is 10.1. The molecule has 9 aromatic rings. The molecule has 9 rings (SSSR count). The molecule has 4 aromatic heterocycles. The van der Waals surface area contributed by atoms with Crippen molar-refractivity contribution < 1.29 is 0 Å². The summed E-state index contributed by atoms with van der Waals surface area (Å²) >= 11 is 5.20. The SMILES string of the molecule is c1ccc2sc(-c3ccc4c(c3)c3cc(-c5nc6ccccc6s5)ccc3n4-c3nc4ccccc4s3)nc2c1. The van der Waals surface area contributed by atoms with Crippen LogP contribution in [0.3, 0.4) is 0 Å². The van der Waals surface area contributed by atoms with Gasteiger partial charge >= 0.3 is 0 Å². The van der Waals surface area contributed by atoms with E-state index < -0.39 is 0 Å². The molecule has 4 nitrogen and oxygen atoms in total. The number of para-hydroxylation sites is 3. The standard InChI is InChI=1S/C33H18N4S3/c1-4-10-28-23(7-1)34-31(38-28)19-13-15-26-21(17-19)22-18-20(32-35-24-8-2-5-11-29(24)39-32)14-16-27(22)37(26)33-36-25-9-3-6-12-30(25)40-33/h1-18H. The van der Waals surface area contributed by atoms with Gasteiger partial charge in [0.15, 0.2) is 5.13 Å². The Morgan fingerprint density at radius 1 is 0.450 bits per heavy atom. The fourth-order valence-electron chi connectivity index (χ4n) is 5.44. The molecule has 0 saturated heterocycles. The molecule has 7 heteroatoms. The van der Waals surface area contributed by atoms with E-state index in [0.717, 1.165) is 53.9 Å². The van der Waals surface area contributed by atoms with E-state index in [1.807, 2.05) is 18.2 Å². The summed E-state index contributed by atoms with van der Waals surface area (Å²) in [6.07, 6.45) is 0. The number of thiazole rings is 3. The zero-order valence-electron chi connectivity index (χ0n) is 20.9. The third kappa shape index (κ3) is 3.38. The molecule has 0 aliphatic rings. The predicted octanol–water partition coefficient (Wildman–Crippen LogP) is 9.95. The Labute approximate surface area is 240 Å². The van der Waals surface area contributed by atoms with E-state index in [-0.39, 0.29) is 0 Å². The lowest BCUT2D eigenvalue weighted by Gasteiger charge is -2.03. The number of hydrogen-bond donors (Lipinski definition) is 0. The molecule has 0 saturated carbocycles. The Balaban J connectivity index is 1.31. The van der Waals surface area contributed by atoms with Crippen LogP contribution >= 0.6 is 34.0 Å². The van der Waals surface area contributed by atoms with Crippen molar-refractivity contribution in [1.82, 2.24) is 19.5 Å². The van der Waals surface area contributed by atoms with Gasteiger partial charge in [-0.3, -0.25) is 4.57 Å². The second-order valence-corrected chi connectivity index (χ2v) is 12.8. The minimum Gasteiger partial charge on any atom is -0.285 e. The summed E-state index contributed by atoms with van der Waals surface area (Å²) in [5, 5.41) is 5.42. The summed E-state index contributed by atoms with van der Waals surface area (Å²) in [5.74, 6) is 0. The monoisotopic (exact) mass is 566 g/mol. The van der Waals surface area contributed by atoms with Gasteiger partial charge in [0.2, 0.25) is 0 Å². The minimum absolute atomic E-state index is 0.974. The fraction of sp³-hybridized carbons (Fsp3) is 0. The smallest absolute Gasteiger partial charge is 0.195 e. The van der Waals surface area contributed by atoms with Crippen molar-refractivity contribution in [1.29, 1.82) is 0 Å². The van der Waals surface area contributed by atoms with Crippen LogP contribution in [0.25, 0.3) is 78.7 Å². The van der Waals surface area contributed by atoms with Crippen molar-refractivity contribution in [2.75, 3.05) is 0 Å². The molecule has 0 amide bonds. The van der Waals surface area contributed by atoms with Crippen molar-refractivity contribution in [3.05, 3.63) is 109 Å².